The Kier molecular flexibility index (Phi) is 2.49. The summed E-state index contributed by atoms with van der Waals surface area (Å²) in [5, 5.41) is 3.89. The number of hydrogen-bond acceptors (Lipinski definition) is 6. The molecule has 0 saturated heterocycles. The van der Waals surface area contributed by atoms with E-state index >= 15 is 0 Å². The summed E-state index contributed by atoms with van der Waals surface area (Å²) in [6.07, 6.45) is 1.58. The highest BCUT2D eigenvalue weighted by Crippen LogP contribution is 2.27. The van der Waals surface area contributed by atoms with Crippen molar-refractivity contribution in [2.45, 2.75) is 6.92 Å². The van der Waals surface area contributed by atoms with Crippen LogP contribution in [0.3, 0.4) is 0 Å². The van der Waals surface area contributed by atoms with E-state index in [9.17, 15) is 0 Å². The second-order valence-corrected chi connectivity index (χ2v) is 4.24. The minimum Gasteiger partial charge on any atom is -0.461 e. The zero-order chi connectivity index (χ0) is 13.4. The molecule has 0 spiro atoms. The molecule has 0 aliphatic heterocycles. The van der Waals surface area contributed by atoms with Gasteiger partial charge in [0.15, 0.2) is 5.76 Å². The largest absolute Gasteiger partial charge is 0.461 e. The fourth-order valence-electron chi connectivity index (χ4n) is 1.83. The Balaban J connectivity index is 2.04. The molecule has 1 aromatic carbocycles. The van der Waals surface area contributed by atoms with Crippen molar-refractivity contribution >= 4 is 11.4 Å². The van der Waals surface area contributed by atoms with Crippen molar-refractivity contribution in [1.82, 2.24) is 10.1 Å². The smallest absolute Gasteiger partial charge is 0.258 e. The molecule has 0 aliphatic rings. The van der Waals surface area contributed by atoms with Gasteiger partial charge in [0, 0.05) is 16.9 Å². The first-order valence-electron chi connectivity index (χ1n) is 5.68. The second-order valence-electron chi connectivity index (χ2n) is 4.24. The van der Waals surface area contributed by atoms with Gasteiger partial charge in [-0.05, 0) is 36.8 Å². The second kappa shape index (κ2) is 4.16. The molecule has 0 atom stereocenters. The van der Waals surface area contributed by atoms with Crippen LogP contribution in [-0.2, 0) is 0 Å². The van der Waals surface area contributed by atoms with Gasteiger partial charge in [0.05, 0.1) is 6.26 Å². The molecule has 0 bridgehead atoms. The predicted octanol–water partition coefficient (Wildman–Crippen LogP) is 2.47. The van der Waals surface area contributed by atoms with Crippen LogP contribution in [0.2, 0.25) is 0 Å². The van der Waals surface area contributed by atoms with Crippen LogP contribution in [0, 0.1) is 6.92 Å². The van der Waals surface area contributed by atoms with Gasteiger partial charge in [-0.2, -0.15) is 4.98 Å². The highest BCUT2D eigenvalue weighted by Gasteiger charge is 2.15. The van der Waals surface area contributed by atoms with E-state index in [1.807, 2.05) is 13.0 Å². The maximum Gasteiger partial charge on any atom is 0.258 e. The molecule has 0 fully saturated rings. The van der Waals surface area contributed by atoms with Gasteiger partial charge in [-0.25, -0.2) is 0 Å². The first-order chi connectivity index (χ1) is 9.13. The van der Waals surface area contributed by atoms with Crippen molar-refractivity contribution in [3.63, 3.8) is 0 Å². The summed E-state index contributed by atoms with van der Waals surface area (Å²) in [6.45, 7) is 1.91. The number of aryl methyl sites for hydroxylation is 1. The first-order valence-corrected chi connectivity index (χ1v) is 5.68. The predicted molar refractivity (Wildman–Crippen MR) is 71.0 cm³/mol. The fraction of sp³-hybridized carbons (Fsp3) is 0.0769. The lowest BCUT2D eigenvalue weighted by Gasteiger charge is -1.99. The summed E-state index contributed by atoms with van der Waals surface area (Å²) in [7, 11) is 0. The number of aromatic nitrogens is 2. The summed E-state index contributed by atoms with van der Waals surface area (Å²) in [4.78, 5) is 4.28. The highest BCUT2D eigenvalue weighted by molar-refractivity contribution is 5.68. The van der Waals surface area contributed by atoms with Gasteiger partial charge < -0.3 is 20.4 Å². The number of rotatable bonds is 2. The minimum atomic E-state index is 0.352. The zero-order valence-electron chi connectivity index (χ0n) is 10.3. The average Bonchev–Trinajstić information content (AvgIpc) is 2.95. The van der Waals surface area contributed by atoms with Crippen molar-refractivity contribution in [3.05, 3.63) is 36.1 Å². The summed E-state index contributed by atoms with van der Waals surface area (Å²) in [6, 6.07) is 6.95. The Labute approximate surface area is 109 Å². The SMILES string of the molecule is Cc1ccoc1-c1noc(-c2cc(N)cc(N)c2)n1. The Hall–Kier alpha value is -2.76. The number of nitrogen functional groups attached to an aromatic ring is 2. The summed E-state index contributed by atoms with van der Waals surface area (Å²) >= 11 is 0. The molecular formula is C13H12N4O2. The third-order valence-electron chi connectivity index (χ3n) is 2.72. The number of anilines is 2. The van der Waals surface area contributed by atoms with Crippen LogP contribution in [0.15, 0.2) is 39.5 Å². The summed E-state index contributed by atoms with van der Waals surface area (Å²) in [5.74, 6) is 1.34. The van der Waals surface area contributed by atoms with Crippen molar-refractivity contribution in [2.24, 2.45) is 0 Å². The minimum absolute atomic E-state index is 0.352. The Bertz CT molecular complexity index is 710. The molecule has 6 heteroatoms. The monoisotopic (exact) mass is 256 g/mol. The number of hydrogen-bond donors (Lipinski definition) is 2. The molecule has 6 nitrogen and oxygen atoms in total. The normalized spacial score (nSPS) is 10.8. The van der Waals surface area contributed by atoms with Crippen LogP contribution in [0.4, 0.5) is 11.4 Å². The Morgan fingerprint density at radius 3 is 2.47 bits per heavy atom. The third-order valence-corrected chi connectivity index (χ3v) is 2.72. The molecule has 2 aromatic heterocycles. The Morgan fingerprint density at radius 2 is 1.84 bits per heavy atom. The van der Waals surface area contributed by atoms with E-state index in [-0.39, 0.29) is 0 Å². The van der Waals surface area contributed by atoms with E-state index in [2.05, 4.69) is 10.1 Å². The number of benzene rings is 1. The van der Waals surface area contributed by atoms with Crippen molar-refractivity contribution in [1.29, 1.82) is 0 Å². The van der Waals surface area contributed by atoms with Crippen LogP contribution in [0.1, 0.15) is 5.56 Å². The molecule has 0 saturated carbocycles. The van der Waals surface area contributed by atoms with Crippen molar-refractivity contribution in [3.8, 4) is 23.0 Å². The summed E-state index contributed by atoms with van der Waals surface area (Å²) < 4.78 is 10.5. The zero-order valence-corrected chi connectivity index (χ0v) is 10.3. The van der Waals surface area contributed by atoms with Gasteiger partial charge in [-0.1, -0.05) is 5.16 Å². The van der Waals surface area contributed by atoms with Crippen LogP contribution < -0.4 is 11.5 Å². The number of nitrogens with two attached hydrogens (primary N) is 2. The maximum absolute atomic E-state index is 5.73. The van der Waals surface area contributed by atoms with Gasteiger partial charge in [0.2, 0.25) is 5.82 Å². The summed E-state index contributed by atoms with van der Waals surface area (Å²) in [5.41, 5.74) is 14.2. The van der Waals surface area contributed by atoms with E-state index in [0.29, 0.717) is 34.4 Å². The fourth-order valence-corrected chi connectivity index (χ4v) is 1.83. The molecule has 0 aliphatic carbocycles. The van der Waals surface area contributed by atoms with Crippen molar-refractivity contribution < 1.29 is 8.94 Å². The standard InChI is InChI=1S/C13H12N4O2/c1-7-2-3-18-11(7)12-16-13(19-17-12)8-4-9(14)6-10(15)5-8/h2-6H,14-15H2,1H3. The first kappa shape index (κ1) is 11.3. The molecular weight excluding hydrogens is 244 g/mol. The van der Waals surface area contributed by atoms with Crippen LogP contribution in [0.25, 0.3) is 23.0 Å². The van der Waals surface area contributed by atoms with Crippen LogP contribution in [-0.4, -0.2) is 10.1 Å². The van der Waals surface area contributed by atoms with Gasteiger partial charge in [-0.3, -0.25) is 0 Å². The van der Waals surface area contributed by atoms with Gasteiger partial charge in [-0.15, -0.1) is 0 Å². The molecule has 96 valence electrons. The number of furan rings is 1. The topological polar surface area (TPSA) is 104 Å². The van der Waals surface area contributed by atoms with Gasteiger partial charge in [0.1, 0.15) is 0 Å². The highest BCUT2D eigenvalue weighted by atomic mass is 16.5. The molecule has 0 radical (unpaired) electrons. The van der Waals surface area contributed by atoms with Crippen LogP contribution in [0.5, 0.6) is 0 Å². The van der Waals surface area contributed by atoms with E-state index in [1.165, 1.54) is 0 Å². The lowest BCUT2D eigenvalue weighted by molar-refractivity contribution is 0.429. The molecule has 19 heavy (non-hydrogen) atoms. The third kappa shape index (κ3) is 2.03. The van der Waals surface area contributed by atoms with E-state index < -0.39 is 0 Å². The van der Waals surface area contributed by atoms with Crippen molar-refractivity contribution in [2.75, 3.05) is 11.5 Å². The van der Waals surface area contributed by atoms with E-state index in [1.54, 1.807) is 24.5 Å². The Morgan fingerprint density at radius 1 is 1.11 bits per heavy atom. The lowest BCUT2D eigenvalue weighted by Crippen LogP contribution is -1.91. The van der Waals surface area contributed by atoms with E-state index in [0.717, 1.165) is 5.56 Å². The maximum atomic E-state index is 5.73. The number of nitrogens with zero attached hydrogens (tertiary/aromatic N) is 2. The van der Waals surface area contributed by atoms with E-state index in [4.69, 9.17) is 20.4 Å². The molecule has 0 unspecified atom stereocenters. The lowest BCUT2D eigenvalue weighted by atomic mass is 10.2. The molecule has 3 aromatic rings. The molecule has 2 heterocycles. The van der Waals surface area contributed by atoms with Crippen LogP contribution >= 0.6 is 0 Å². The molecule has 4 N–H and O–H groups in total. The van der Waals surface area contributed by atoms with Gasteiger partial charge >= 0.3 is 0 Å². The van der Waals surface area contributed by atoms with Gasteiger partial charge in [0.25, 0.3) is 5.89 Å². The quantitative estimate of drug-likeness (QED) is 0.682. The molecule has 0 amide bonds. The average molecular weight is 256 g/mol. The molecule has 3 rings (SSSR count).